The monoisotopic (exact) mass is 341 g/mol. The lowest BCUT2D eigenvalue weighted by molar-refractivity contribution is -0.116. The van der Waals surface area contributed by atoms with Gasteiger partial charge in [-0.25, -0.2) is 8.42 Å². The van der Waals surface area contributed by atoms with Crippen LogP contribution in [0.2, 0.25) is 0 Å². The molecule has 0 radical (unpaired) electrons. The highest BCUT2D eigenvalue weighted by atomic mass is 32.2. The molecule has 0 bridgehead atoms. The Labute approximate surface area is 137 Å². The molecule has 3 heterocycles. The predicted octanol–water partition coefficient (Wildman–Crippen LogP) is 0.339. The maximum Gasteiger partial charge on any atom is 0.214 e. The van der Waals surface area contributed by atoms with Crippen LogP contribution in [0.3, 0.4) is 0 Å². The topological polar surface area (TPSA) is 72.0 Å². The number of ether oxygens (including phenoxy) is 2. The Morgan fingerprint density at radius 1 is 1.30 bits per heavy atom. The lowest BCUT2D eigenvalue weighted by Gasteiger charge is -2.43. The standard InChI is InChI=1S/C15H23N3O4S/c1-2-23(19,20)18-7-9-22-15(12-18)11-17(6-8-21-13-15)14-4-3-5-16-10-14/h3-5,10H,2,6-9,11-13H2,1H3. The maximum absolute atomic E-state index is 12.2. The summed E-state index contributed by atoms with van der Waals surface area (Å²) in [6.07, 6.45) is 3.54. The number of hydrogen-bond donors (Lipinski definition) is 0. The number of rotatable bonds is 3. The van der Waals surface area contributed by atoms with Gasteiger partial charge < -0.3 is 14.4 Å². The van der Waals surface area contributed by atoms with E-state index in [2.05, 4.69) is 9.88 Å². The van der Waals surface area contributed by atoms with E-state index in [1.54, 1.807) is 13.1 Å². The third kappa shape index (κ3) is 3.65. The van der Waals surface area contributed by atoms with Crippen molar-refractivity contribution in [1.29, 1.82) is 0 Å². The molecule has 0 saturated carbocycles. The zero-order valence-corrected chi connectivity index (χ0v) is 14.2. The van der Waals surface area contributed by atoms with Crippen molar-refractivity contribution in [3.05, 3.63) is 24.5 Å². The number of sulfonamides is 1. The van der Waals surface area contributed by atoms with Crippen LogP contribution in [0.15, 0.2) is 24.5 Å². The largest absolute Gasteiger partial charge is 0.376 e. The van der Waals surface area contributed by atoms with E-state index in [9.17, 15) is 8.42 Å². The molecule has 0 aromatic carbocycles. The van der Waals surface area contributed by atoms with E-state index < -0.39 is 15.6 Å². The second kappa shape index (κ2) is 6.72. The molecular weight excluding hydrogens is 318 g/mol. The van der Waals surface area contributed by atoms with E-state index in [4.69, 9.17) is 9.47 Å². The lowest BCUT2D eigenvalue weighted by atomic mass is 10.0. The van der Waals surface area contributed by atoms with Gasteiger partial charge in [0.15, 0.2) is 0 Å². The summed E-state index contributed by atoms with van der Waals surface area (Å²) >= 11 is 0. The minimum Gasteiger partial charge on any atom is -0.376 e. The summed E-state index contributed by atoms with van der Waals surface area (Å²) < 4.78 is 37.7. The Kier molecular flexibility index (Phi) is 4.86. The summed E-state index contributed by atoms with van der Waals surface area (Å²) in [4.78, 5) is 6.32. The minimum absolute atomic E-state index is 0.107. The summed E-state index contributed by atoms with van der Waals surface area (Å²) in [6, 6.07) is 3.89. The van der Waals surface area contributed by atoms with Gasteiger partial charge in [-0.05, 0) is 19.1 Å². The van der Waals surface area contributed by atoms with Gasteiger partial charge in [-0.1, -0.05) is 0 Å². The summed E-state index contributed by atoms with van der Waals surface area (Å²) in [5.74, 6) is 0.107. The van der Waals surface area contributed by atoms with Crippen molar-refractivity contribution in [2.75, 3.05) is 56.7 Å². The van der Waals surface area contributed by atoms with Gasteiger partial charge >= 0.3 is 0 Å². The molecule has 128 valence electrons. The van der Waals surface area contributed by atoms with Gasteiger partial charge in [0.2, 0.25) is 10.0 Å². The highest BCUT2D eigenvalue weighted by Gasteiger charge is 2.43. The van der Waals surface area contributed by atoms with Gasteiger partial charge in [0.05, 0.1) is 44.0 Å². The quantitative estimate of drug-likeness (QED) is 0.789. The molecule has 0 aliphatic carbocycles. The van der Waals surface area contributed by atoms with Crippen LogP contribution in [0, 0.1) is 0 Å². The molecule has 1 atom stereocenters. The fraction of sp³-hybridized carbons (Fsp3) is 0.667. The molecule has 2 aliphatic heterocycles. The molecule has 2 fully saturated rings. The van der Waals surface area contributed by atoms with Crippen LogP contribution >= 0.6 is 0 Å². The first-order valence-corrected chi connectivity index (χ1v) is 9.50. The van der Waals surface area contributed by atoms with E-state index in [-0.39, 0.29) is 5.75 Å². The lowest BCUT2D eigenvalue weighted by Crippen LogP contribution is -2.60. The van der Waals surface area contributed by atoms with Crippen LogP contribution in [-0.4, -0.2) is 75.1 Å². The normalized spacial score (nSPS) is 27.1. The van der Waals surface area contributed by atoms with Crippen LogP contribution < -0.4 is 4.90 Å². The van der Waals surface area contributed by atoms with E-state index in [1.165, 1.54) is 4.31 Å². The zero-order chi connectivity index (χ0) is 16.3. The van der Waals surface area contributed by atoms with Crippen molar-refractivity contribution in [2.45, 2.75) is 12.5 Å². The summed E-state index contributed by atoms with van der Waals surface area (Å²) in [5.41, 5.74) is 0.365. The highest BCUT2D eigenvalue weighted by Crippen LogP contribution is 2.26. The first-order chi connectivity index (χ1) is 11.0. The van der Waals surface area contributed by atoms with E-state index in [1.807, 2.05) is 18.3 Å². The van der Waals surface area contributed by atoms with Crippen LogP contribution in [0.25, 0.3) is 0 Å². The van der Waals surface area contributed by atoms with Crippen molar-refractivity contribution in [3.63, 3.8) is 0 Å². The number of pyridine rings is 1. The highest BCUT2D eigenvalue weighted by molar-refractivity contribution is 7.89. The Hall–Kier alpha value is -1.22. The van der Waals surface area contributed by atoms with Gasteiger partial charge in [0.25, 0.3) is 0 Å². The average molecular weight is 341 g/mol. The second-order valence-corrected chi connectivity index (χ2v) is 8.21. The molecule has 1 aromatic heterocycles. The molecule has 1 spiro atoms. The summed E-state index contributed by atoms with van der Waals surface area (Å²) in [7, 11) is -3.22. The maximum atomic E-state index is 12.2. The molecule has 7 nitrogen and oxygen atoms in total. The average Bonchev–Trinajstić information content (AvgIpc) is 2.78. The molecule has 23 heavy (non-hydrogen) atoms. The fourth-order valence-corrected chi connectivity index (χ4v) is 4.23. The molecule has 3 rings (SSSR count). The van der Waals surface area contributed by atoms with Crippen LogP contribution in [0.1, 0.15) is 6.92 Å². The minimum atomic E-state index is -3.22. The van der Waals surface area contributed by atoms with Crippen molar-refractivity contribution >= 4 is 15.7 Å². The molecule has 2 aliphatic rings. The zero-order valence-electron chi connectivity index (χ0n) is 13.3. The Morgan fingerprint density at radius 3 is 2.91 bits per heavy atom. The SMILES string of the molecule is CCS(=O)(=O)N1CCOC2(COCCN(c3cccnc3)C2)C1. The molecule has 1 unspecified atom stereocenters. The number of hydrogen-bond acceptors (Lipinski definition) is 6. The first-order valence-electron chi connectivity index (χ1n) is 7.89. The first kappa shape index (κ1) is 16.6. The third-order valence-electron chi connectivity index (χ3n) is 4.33. The van der Waals surface area contributed by atoms with Crippen molar-refractivity contribution in [3.8, 4) is 0 Å². The van der Waals surface area contributed by atoms with Gasteiger partial charge in [-0.15, -0.1) is 0 Å². The van der Waals surface area contributed by atoms with E-state index >= 15 is 0 Å². The van der Waals surface area contributed by atoms with Gasteiger partial charge in [0, 0.05) is 25.8 Å². The van der Waals surface area contributed by atoms with Crippen molar-refractivity contribution < 1.29 is 17.9 Å². The fourth-order valence-electron chi connectivity index (χ4n) is 3.08. The second-order valence-electron chi connectivity index (χ2n) is 5.95. The molecule has 0 N–H and O–H groups in total. The van der Waals surface area contributed by atoms with Gasteiger partial charge in [0.1, 0.15) is 5.60 Å². The van der Waals surface area contributed by atoms with E-state index in [0.717, 1.165) is 12.2 Å². The van der Waals surface area contributed by atoms with Crippen molar-refractivity contribution in [1.82, 2.24) is 9.29 Å². The Balaban J connectivity index is 1.82. The summed E-state index contributed by atoms with van der Waals surface area (Å²) in [6.45, 7) is 5.11. The molecule has 1 aromatic rings. The van der Waals surface area contributed by atoms with Crippen LogP contribution in [-0.2, 0) is 19.5 Å². The number of morpholine rings is 1. The van der Waals surface area contributed by atoms with Crippen LogP contribution in [0.4, 0.5) is 5.69 Å². The number of nitrogens with zero attached hydrogens (tertiary/aromatic N) is 3. The van der Waals surface area contributed by atoms with Crippen molar-refractivity contribution in [2.24, 2.45) is 0 Å². The summed E-state index contributed by atoms with van der Waals surface area (Å²) in [5, 5.41) is 0. The Morgan fingerprint density at radius 2 is 2.17 bits per heavy atom. The van der Waals surface area contributed by atoms with Gasteiger partial charge in [-0.3, -0.25) is 4.98 Å². The smallest absolute Gasteiger partial charge is 0.214 e. The number of aromatic nitrogens is 1. The van der Waals surface area contributed by atoms with E-state index in [0.29, 0.717) is 39.5 Å². The molecule has 0 amide bonds. The number of anilines is 1. The van der Waals surface area contributed by atoms with Crippen LogP contribution in [0.5, 0.6) is 0 Å². The third-order valence-corrected chi connectivity index (χ3v) is 6.16. The Bertz CT molecular complexity index is 625. The molecule has 8 heteroatoms. The predicted molar refractivity (Wildman–Crippen MR) is 87.0 cm³/mol. The molecular formula is C15H23N3O4S. The van der Waals surface area contributed by atoms with Gasteiger partial charge in [-0.2, -0.15) is 4.31 Å². The molecule has 2 saturated heterocycles.